The van der Waals surface area contributed by atoms with Gasteiger partial charge in [0.05, 0.1) is 22.8 Å². The van der Waals surface area contributed by atoms with Gasteiger partial charge in [0.2, 0.25) is 0 Å². The molecule has 0 amide bonds. The first-order valence-electron chi connectivity index (χ1n) is 8.61. The first-order valence-corrected chi connectivity index (χ1v) is 9.60. The number of hydrogen-bond acceptors (Lipinski definition) is 7. The number of ether oxygens (including phenoxy) is 1. The lowest BCUT2D eigenvalue weighted by molar-refractivity contribution is -0.431. The van der Waals surface area contributed by atoms with Crippen LogP contribution in [0.25, 0.3) is 0 Å². The summed E-state index contributed by atoms with van der Waals surface area (Å²) in [6, 6.07) is 5.65. The van der Waals surface area contributed by atoms with Crippen LogP contribution in [-0.4, -0.2) is 28.4 Å². The summed E-state index contributed by atoms with van der Waals surface area (Å²) in [5, 5.41) is 14.5. The third-order valence-corrected chi connectivity index (χ3v) is 5.08. The lowest BCUT2D eigenvalue weighted by Gasteiger charge is -2.26. The molecule has 9 heteroatoms. The first-order chi connectivity index (χ1) is 13.2. The summed E-state index contributed by atoms with van der Waals surface area (Å²) < 4.78 is 19.7. The Morgan fingerprint density at radius 1 is 1.29 bits per heavy atom. The Kier molecular flexibility index (Phi) is 7.33. The number of thioether (sulfide) groups is 1. The Labute approximate surface area is 166 Å². The number of benzene rings is 1. The van der Waals surface area contributed by atoms with Crippen molar-refractivity contribution in [3.8, 4) is 0 Å². The predicted molar refractivity (Wildman–Crippen MR) is 103 cm³/mol. The number of allylic oxidation sites excluding steroid dienone is 3. The Morgan fingerprint density at radius 3 is 2.57 bits per heavy atom. The molecule has 0 radical (unpaired) electrons. The van der Waals surface area contributed by atoms with Crippen LogP contribution in [0.15, 0.2) is 46.9 Å². The number of nitrogens with zero attached hydrogens (tertiary/aromatic N) is 1. The van der Waals surface area contributed by atoms with Gasteiger partial charge in [0, 0.05) is 23.9 Å². The molecule has 0 saturated carbocycles. The van der Waals surface area contributed by atoms with Gasteiger partial charge in [-0.05, 0) is 26.3 Å². The number of hydrogen-bond donors (Lipinski definition) is 1. The first kappa shape index (κ1) is 21.6. The van der Waals surface area contributed by atoms with Gasteiger partial charge in [-0.25, -0.2) is 9.18 Å². The summed E-state index contributed by atoms with van der Waals surface area (Å²) in [7, 11) is 0. The minimum absolute atomic E-state index is 0.00150. The van der Waals surface area contributed by atoms with E-state index in [0.29, 0.717) is 17.9 Å². The second-order valence-electron chi connectivity index (χ2n) is 6.22. The molecule has 1 aliphatic rings. The second kappa shape index (κ2) is 9.50. The number of carbonyl (C=O) groups is 2. The van der Waals surface area contributed by atoms with E-state index in [0.717, 1.165) is 11.8 Å². The molecule has 1 unspecified atom stereocenters. The van der Waals surface area contributed by atoms with E-state index >= 15 is 0 Å². The highest BCUT2D eigenvalue weighted by molar-refractivity contribution is 8.13. The van der Waals surface area contributed by atoms with E-state index in [9.17, 15) is 24.1 Å². The van der Waals surface area contributed by atoms with Crippen molar-refractivity contribution < 1.29 is 23.6 Å². The molecule has 1 aromatic carbocycles. The molecule has 1 aromatic rings. The van der Waals surface area contributed by atoms with Crippen molar-refractivity contribution in [2.24, 2.45) is 0 Å². The largest absolute Gasteiger partial charge is 0.462 e. The van der Waals surface area contributed by atoms with Crippen LogP contribution in [0.4, 0.5) is 4.39 Å². The summed E-state index contributed by atoms with van der Waals surface area (Å²) in [5.41, 5.74) is 0.356. The van der Waals surface area contributed by atoms with Gasteiger partial charge in [-0.15, -0.1) is 0 Å². The van der Waals surface area contributed by atoms with Gasteiger partial charge >= 0.3 is 5.97 Å². The fourth-order valence-electron chi connectivity index (χ4n) is 3.03. The van der Waals surface area contributed by atoms with Crippen LogP contribution in [0, 0.1) is 15.9 Å². The van der Waals surface area contributed by atoms with E-state index in [1.165, 1.54) is 32.0 Å². The van der Waals surface area contributed by atoms with Crippen molar-refractivity contribution in [3.63, 3.8) is 0 Å². The third kappa shape index (κ3) is 4.98. The van der Waals surface area contributed by atoms with Crippen molar-refractivity contribution >= 4 is 22.8 Å². The second-order valence-corrected chi connectivity index (χ2v) is 7.49. The fourth-order valence-corrected chi connectivity index (χ4v) is 3.57. The molecule has 1 N–H and O–H groups in total. The van der Waals surface area contributed by atoms with E-state index in [1.807, 2.05) is 0 Å². The summed E-state index contributed by atoms with van der Waals surface area (Å²) in [5.74, 6) is -2.08. The Balaban J connectivity index is 2.33. The molecular weight excluding hydrogens is 387 g/mol. The topological polar surface area (TPSA) is 98.5 Å². The van der Waals surface area contributed by atoms with Crippen LogP contribution in [0.3, 0.4) is 0 Å². The molecule has 1 atom stereocenters. The molecule has 150 valence electrons. The van der Waals surface area contributed by atoms with Gasteiger partial charge in [0.25, 0.3) is 5.70 Å². The van der Waals surface area contributed by atoms with Crippen molar-refractivity contribution in [1.82, 2.24) is 5.32 Å². The minimum Gasteiger partial charge on any atom is -0.462 e. The highest BCUT2D eigenvalue weighted by Gasteiger charge is 2.42. The number of nitrogens with one attached hydrogen (secondary N) is 1. The molecule has 0 fully saturated rings. The molecule has 1 heterocycles. The van der Waals surface area contributed by atoms with Crippen LogP contribution in [0.1, 0.15) is 38.7 Å². The molecule has 0 bridgehead atoms. The lowest BCUT2D eigenvalue weighted by atomic mass is 9.84. The maximum absolute atomic E-state index is 14.5. The van der Waals surface area contributed by atoms with Gasteiger partial charge in [0.1, 0.15) is 11.7 Å². The van der Waals surface area contributed by atoms with Crippen molar-refractivity contribution in [1.29, 1.82) is 0 Å². The average Bonchev–Trinajstić information content (AvgIpc) is 2.60. The highest BCUT2D eigenvalue weighted by atomic mass is 32.2. The molecule has 0 spiro atoms. The van der Waals surface area contributed by atoms with Crippen LogP contribution >= 0.6 is 11.8 Å². The monoisotopic (exact) mass is 408 g/mol. The summed E-state index contributed by atoms with van der Waals surface area (Å²) >= 11 is 1.12. The summed E-state index contributed by atoms with van der Waals surface area (Å²) in [4.78, 5) is 34.7. The zero-order valence-electron chi connectivity index (χ0n) is 15.8. The number of esters is 1. The van der Waals surface area contributed by atoms with Gasteiger partial charge < -0.3 is 10.1 Å². The maximum Gasteiger partial charge on any atom is 0.336 e. The van der Waals surface area contributed by atoms with Gasteiger partial charge in [-0.2, -0.15) is 0 Å². The molecule has 0 aromatic heterocycles. The molecule has 0 aliphatic carbocycles. The van der Waals surface area contributed by atoms with Gasteiger partial charge in [-0.3, -0.25) is 14.9 Å². The maximum atomic E-state index is 14.5. The van der Waals surface area contributed by atoms with E-state index < -0.39 is 22.6 Å². The van der Waals surface area contributed by atoms with Crippen molar-refractivity contribution in [2.75, 3.05) is 12.4 Å². The summed E-state index contributed by atoms with van der Waals surface area (Å²) in [6.45, 7) is 4.61. The van der Waals surface area contributed by atoms with Crippen LogP contribution < -0.4 is 5.32 Å². The van der Waals surface area contributed by atoms with Crippen molar-refractivity contribution in [3.05, 3.63) is 68.4 Å². The number of nitro groups is 1. The minimum atomic E-state index is -1.18. The molecular formula is C19H21FN2O5S. The standard InChI is InChI=1S/C19H21FN2O5S/c1-11-16(19(24)27-9-6-10-28-13(3)23)17(14-7-4-5-8-15(14)20)18(22(25)26)12(2)21-11/h4-5,7-8,17,21H,6,9-10H2,1-3H3. The van der Waals surface area contributed by atoms with E-state index in [-0.39, 0.29) is 34.3 Å². The van der Waals surface area contributed by atoms with Gasteiger partial charge in [0.15, 0.2) is 5.12 Å². The Hall–Kier alpha value is -2.68. The smallest absolute Gasteiger partial charge is 0.336 e. The van der Waals surface area contributed by atoms with Crippen LogP contribution in [-0.2, 0) is 14.3 Å². The molecule has 7 nitrogen and oxygen atoms in total. The number of dihydropyridines is 1. The molecule has 2 rings (SSSR count). The Bertz CT molecular complexity index is 866. The van der Waals surface area contributed by atoms with E-state index in [2.05, 4.69) is 5.32 Å². The molecule has 0 saturated heterocycles. The zero-order valence-corrected chi connectivity index (χ0v) is 16.6. The Morgan fingerprint density at radius 2 is 1.96 bits per heavy atom. The normalized spacial score (nSPS) is 16.6. The zero-order chi connectivity index (χ0) is 20.8. The molecule has 1 aliphatic heterocycles. The van der Waals surface area contributed by atoms with Crippen LogP contribution in [0.2, 0.25) is 0 Å². The van der Waals surface area contributed by atoms with E-state index in [1.54, 1.807) is 13.0 Å². The quantitative estimate of drug-likeness (QED) is 0.319. The average molecular weight is 408 g/mol. The SMILES string of the molecule is CC(=O)SCCCOC(=O)C1=C(C)NC(C)=C([N+](=O)[O-])C1c1ccccc1F. The summed E-state index contributed by atoms with van der Waals surface area (Å²) in [6.07, 6.45) is 0.455. The molecule has 28 heavy (non-hydrogen) atoms. The number of rotatable bonds is 7. The third-order valence-electron chi connectivity index (χ3n) is 4.19. The van der Waals surface area contributed by atoms with Crippen molar-refractivity contribution in [2.45, 2.75) is 33.1 Å². The predicted octanol–water partition coefficient (Wildman–Crippen LogP) is 3.51. The van der Waals surface area contributed by atoms with Crippen LogP contribution in [0.5, 0.6) is 0 Å². The van der Waals surface area contributed by atoms with Gasteiger partial charge in [-0.1, -0.05) is 30.0 Å². The van der Waals surface area contributed by atoms with E-state index in [4.69, 9.17) is 4.74 Å². The fraction of sp³-hybridized carbons (Fsp3) is 0.368. The number of halogens is 1. The highest BCUT2D eigenvalue weighted by Crippen LogP contribution is 2.39. The number of carbonyl (C=O) groups excluding carboxylic acids is 2. The lowest BCUT2D eigenvalue weighted by Crippen LogP contribution is -2.32.